The molecular formula is C13H16BrN. The van der Waals surface area contributed by atoms with Crippen LogP contribution in [0.4, 0.5) is 0 Å². The van der Waals surface area contributed by atoms with Crippen LogP contribution in [0.1, 0.15) is 18.0 Å². The average molecular weight is 266 g/mol. The molecule has 1 aromatic carbocycles. The molecule has 1 atom stereocenters. The van der Waals surface area contributed by atoms with Gasteiger partial charge in [0, 0.05) is 17.1 Å². The molecule has 0 aliphatic heterocycles. The van der Waals surface area contributed by atoms with E-state index in [1.807, 2.05) is 12.2 Å². The van der Waals surface area contributed by atoms with Gasteiger partial charge in [-0.3, -0.25) is 0 Å². The van der Waals surface area contributed by atoms with Crippen LogP contribution < -0.4 is 5.32 Å². The molecule has 0 heterocycles. The molecule has 1 nitrogen and oxygen atoms in total. The van der Waals surface area contributed by atoms with Crippen molar-refractivity contribution in [2.45, 2.75) is 12.5 Å². The summed E-state index contributed by atoms with van der Waals surface area (Å²) < 4.78 is 1.10. The minimum atomic E-state index is 0.327. The maximum Gasteiger partial charge on any atom is 0.0357 e. The van der Waals surface area contributed by atoms with Crippen LogP contribution in [0.3, 0.4) is 0 Å². The summed E-state index contributed by atoms with van der Waals surface area (Å²) >= 11 is 3.43. The summed E-state index contributed by atoms with van der Waals surface area (Å²) in [6.45, 7) is 8.30. The van der Waals surface area contributed by atoms with Crippen molar-refractivity contribution in [3.05, 3.63) is 59.6 Å². The molecule has 0 spiro atoms. The first-order valence-corrected chi connectivity index (χ1v) is 5.78. The van der Waals surface area contributed by atoms with Crippen LogP contribution in [0.2, 0.25) is 0 Å². The van der Waals surface area contributed by atoms with Gasteiger partial charge in [0.05, 0.1) is 0 Å². The number of hydrogen-bond donors (Lipinski definition) is 1. The Kier molecular flexibility index (Phi) is 5.37. The lowest BCUT2D eigenvalue weighted by Gasteiger charge is -2.16. The van der Waals surface area contributed by atoms with E-state index in [0.29, 0.717) is 6.04 Å². The molecule has 0 fully saturated rings. The van der Waals surface area contributed by atoms with E-state index in [9.17, 15) is 0 Å². The van der Waals surface area contributed by atoms with Gasteiger partial charge in [-0.05, 0) is 24.1 Å². The third kappa shape index (κ3) is 4.02. The molecule has 0 unspecified atom stereocenters. The summed E-state index contributed by atoms with van der Waals surface area (Å²) in [5, 5.41) is 3.40. The van der Waals surface area contributed by atoms with Crippen LogP contribution in [0.25, 0.3) is 0 Å². The van der Waals surface area contributed by atoms with Gasteiger partial charge in [-0.1, -0.05) is 40.2 Å². The Labute approximate surface area is 100 Å². The highest BCUT2D eigenvalue weighted by Crippen LogP contribution is 2.19. The van der Waals surface area contributed by atoms with Crippen molar-refractivity contribution in [2.24, 2.45) is 0 Å². The Morgan fingerprint density at radius 1 is 1.20 bits per heavy atom. The maximum atomic E-state index is 3.78. The van der Waals surface area contributed by atoms with E-state index in [-0.39, 0.29) is 0 Å². The summed E-state index contributed by atoms with van der Waals surface area (Å²) in [6.07, 6.45) is 4.73. The lowest BCUT2D eigenvalue weighted by Crippen LogP contribution is -2.20. The Balaban J connectivity index is 2.73. The summed E-state index contributed by atoms with van der Waals surface area (Å²) in [7, 11) is 0. The first-order chi connectivity index (χ1) is 7.27. The van der Waals surface area contributed by atoms with Crippen molar-refractivity contribution < 1.29 is 0 Å². The van der Waals surface area contributed by atoms with Crippen LogP contribution in [0, 0.1) is 0 Å². The molecule has 80 valence electrons. The highest BCUT2D eigenvalue weighted by molar-refractivity contribution is 9.10. The van der Waals surface area contributed by atoms with Crippen molar-refractivity contribution in [3.63, 3.8) is 0 Å². The van der Waals surface area contributed by atoms with E-state index in [1.54, 1.807) is 0 Å². The minimum Gasteiger partial charge on any atom is -0.306 e. The first kappa shape index (κ1) is 12.2. The molecule has 0 saturated heterocycles. The summed E-state index contributed by atoms with van der Waals surface area (Å²) in [5.74, 6) is 0. The Morgan fingerprint density at radius 3 is 2.40 bits per heavy atom. The van der Waals surface area contributed by atoms with Crippen molar-refractivity contribution in [1.82, 2.24) is 5.32 Å². The van der Waals surface area contributed by atoms with E-state index in [2.05, 4.69) is 58.7 Å². The van der Waals surface area contributed by atoms with Crippen molar-refractivity contribution in [3.8, 4) is 0 Å². The second-order valence-electron chi connectivity index (χ2n) is 3.33. The highest BCUT2D eigenvalue weighted by Gasteiger charge is 2.07. The third-order valence-corrected chi connectivity index (χ3v) is 2.71. The zero-order chi connectivity index (χ0) is 11.1. The summed E-state index contributed by atoms with van der Waals surface area (Å²) in [5.41, 5.74) is 1.28. The van der Waals surface area contributed by atoms with E-state index >= 15 is 0 Å². The number of benzene rings is 1. The molecule has 0 radical (unpaired) electrons. The standard InChI is InChI=1S/C13H16BrN/c1-3-5-13(15-10-4-2)11-6-8-12(14)9-7-11/h3-4,6-9,13,15H,1-2,5,10H2/t13-/m1/s1. The highest BCUT2D eigenvalue weighted by atomic mass is 79.9. The topological polar surface area (TPSA) is 12.0 Å². The Morgan fingerprint density at radius 2 is 1.87 bits per heavy atom. The molecule has 1 aromatic rings. The lowest BCUT2D eigenvalue weighted by molar-refractivity contribution is 0.575. The lowest BCUT2D eigenvalue weighted by atomic mass is 10.0. The van der Waals surface area contributed by atoms with Crippen molar-refractivity contribution in [2.75, 3.05) is 6.54 Å². The molecule has 2 heteroatoms. The normalized spacial score (nSPS) is 12.1. The number of nitrogens with one attached hydrogen (secondary N) is 1. The molecule has 0 aromatic heterocycles. The van der Waals surface area contributed by atoms with Crippen LogP contribution in [-0.2, 0) is 0 Å². The van der Waals surface area contributed by atoms with Crippen LogP contribution >= 0.6 is 15.9 Å². The van der Waals surface area contributed by atoms with Gasteiger partial charge in [-0.25, -0.2) is 0 Å². The molecule has 0 saturated carbocycles. The molecule has 1 rings (SSSR count). The predicted octanol–water partition coefficient (Wildman–Crippen LogP) is 3.84. The molecule has 0 bridgehead atoms. The quantitative estimate of drug-likeness (QED) is 0.771. The fourth-order valence-electron chi connectivity index (χ4n) is 1.42. The Bertz CT molecular complexity index is 316. The number of hydrogen-bond acceptors (Lipinski definition) is 1. The van der Waals surface area contributed by atoms with Crippen LogP contribution in [0.5, 0.6) is 0 Å². The number of halogens is 1. The third-order valence-electron chi connectivity index (χ3n) is 2.18. The zero-order valence-corrected chi connectivity index (χ0v) is 10.3. The second kappa shape index (κ2) is 6.59. The van der Waals surface area contributed by atoms with Gasteiger partial charge in [0.15, 0.2) is 0 Å². The van der Waals surface area contributed by atoms with Crippen molar-refractivity contribution >= 4 is 15.9 Å². The van der Waals surface area contributed by atoms with E-state index < -0.39 is 0 Å². The number of rotatable bonds is 6. The van der Waals surface area contributed by atoms with E-state index in [1.165, 1.54) is 5.56 Å². The second-order valence-corrected chi connectivity index (χ2v) is 4.24. The smallest absolute Gasteiger partial charge is 0.0357 e. The van der Waals surface area contributed by atoms with Gasteiger partial charge in [-0.2, -0.15) is 0 Å². The van der Waals surface area contributed by atoms with Gasteiger partial charge < -0.3 is 5.32 Å². The maximum absolute atomic E-state index is 3.78. The largest absolute Gasteiger partial charge is 0.306 e. The van der Waals surface area contributed by atoms with Gasteiger partial charge in [0.25, 0.3) is 0 Å². The monoisotopic (exact) mass is 265 g/mol. The molecule has 0 amide bonds. The fourth-order valence-corrected chi connectivity index (χ4v) is 1.69. The zero-order valence-electron chi connectivity index (χ0n) is 8.75. The van der Waals surface area contributed by atoms with Crippen LogP contribution in [0.15, 0.2) is 54.0 Å². The molecule has 1 N–H and O–H groups in total. The average Bonchev–Trinajstić information content (AvgIpc) is 2.25. The van der Waals surface area contributed by atoms with E-state index in [0.717, 1.165) is 17.4 Å². The minimum absolute atomic E-state index is 0.327. The molecule has 0 aliphatic rings. The molecule has 0 aliphatic carbocycles. The summed E-state index contributed by atoms with van der Waals surface area (Å²) in [4.78, 5) is 0. The molecular weight excluding hydrogens is 250 g/mol. The molecule has 15 heavy (non-hydrogen) atoms. The van der Waals surface area contributed by atoms with Crippen LogP contribution in [-0.4, -0.2) is 6.54 Å². The predicted molar refractivity (Wildman–Crippen MR) is 69.9 cm³/mol. The van der Waals surface area contributed by atoms with Gasteiger partial charge in [-0.15, -0.1) is 13.2 Å². The Hall–Kier alpha value is -0.860. The van der Waals surface area contributed by atoms with Gasteiger partial charge >= 0.3 is 0 Å². The van der Waals surface area contributed by atoms with E-state index in [4.69, 9.17) is 0 Å². The van der Waals surface area contributed by atoms with Crippen molar-refractivity contribution in [1.29, 1.82) is 0 Å². The fraction of sp³-hybridized carbons (Fsp3) is 0.231. The first-order valence-electron chi connectivity index (χ1n) is 4.98. The van der Waals surface area contributed by atoms with Gasteiger partial charge in [0.1, 0.15) is 0 Å². The van der Waals surface area contributed by atoms with Gasteiger partial charge in [0.2, 0.25) is 0 Å². The summed E-state index contributed by atoms with van der Waals surface area (Å²) in [6, 6.07) is 8.68. The SMILES string of the molecule is C=CCN[C@H](CC=C)c1ccc(Br)cc1.